The van der Waals surface area contributed by atoms with Crippen molar-refractivity contribution in [1.82, 2.24) is 14.5 Å². The average molecular weight is 416 g/mol. The SMILES string of the molecule is Cl.O=C1CNCCN1C1CCCN(S(=O)(=O)c2ccc3c(c2)CCCO3)C1. The van der Waals surface area contributed by atoms with Crippen molar-refractivity contribution < 1.29 is 17.9 Å². The third-order valence-corrected chi connectivity index (χ3v) is 7.30. The van der Waals surface area contributed by atoms with Crippen molar-refractivity contribution in [3.05, 3.63) is 23.8 Å². The first-order chi connectivity index (χ1) is 12.6. The number of amides is 1. The van der Waals surface area contributed by atoms with E-state index < -0.39 is 10.0 Å². The van der Waals surface area contributed by atoms with E-state index in [1.54, 1.807) is 22.5 Å². The largest absolute Gasteiger partial charge is 0.493 e. The minimum Gasteiger partial charge on any atom is -0.493 e. The van der Waals surface area contributed by atoms with Gasteiger partial charge in [0.05, 0.1) is 18.0 Å². The van der Waals surface area contributed by atoms with E-state index in [0.717, 1.165) is 43.5 Å². The van der Waals surface area contributed by atoms with Crippen LogP contribution in [0, 0.1) is 0 Å². The van der Waals surface area contributed by atoms with Gasteiger partial charge in [0.1, 0.15) is 5.75 Å². The van der Waals surface area contributed by atoms with Crippen LogP contribution in [0.5, 0.6) is 5.75 Å². The number of hydrogen-bond acceptors (Lipinski definition) is 5. The minimum atomic E-state index is -3.56. The van der Waals surface area contributed by atoms with Crippen LogP contribution in [0.15, 0.2) is 23.1 Å². The number of rotatable bonds is 3. The summed E-state index contributed by atoms with van der Waals surface area (Å²) in [5.41, 5.74) is 0.961. The second-order valence-corrected chi connectivity index (χ2v) is 9.08. The molecule has 1 amide bonds. The number of nitrogens with zero attached hydrogens (tertiary/aromatic N) is 2. The maximum atomic E-state index is 13.2. The van der Waals surface area contributed by atoms with Gasteiger partial charge in [-0.15, -0.1) is 12.4 Å². The first kappa shape index (κ1) is 20.4. The monoisotopic (exact) mass is 415 g/mol. The number of fused-ring (bicyclic) bond motifs is 1. The summed E-state index contributed by atoms with van der Waals surface area (Å²) in [5.74, 6) is 0.851. The molecule has 2 fully saturated rings. The zero-order valence-corrected chi connectivity index (χ0v) is 16.9. The van der Waals surface area contributed by atoms with Gasteiger partial charge in [0.2, 0.25) is 15.9 Å². The van der Waals surface area contributed by atoms with Crippen LogP contribution in [0.2, 0.25) is 0 Å². The molecule has 150 valence electrons. The summed E-state index contributed by atoms with van der Waals surface area (Å²) in [6, 6.07) is 5.12. The molecule has 7 nitrogen and oxygen atoms in total. The quantitative estimate of drug-likeness (QED) is 0.797. The van der Waals surface area contributed by atoms with Crippen molar-refractivity contribution in [2.75, 3.05) is 39.3 Å². The Labute approximate surface area is 166 Å². The molecule has 0 aliphatic carbocycles. The predicted octanol–water partition coefficient (Wildman–Crippen LogP) is 1.02. The number of aryl methyl sites for hydroxylation is 1. The third-order valence-electron chi connectivity index (χ3n) is 5.44. The Kier molecular flexibility index (Phi) is 6.30. The van der Waals surface area contributed by atoms with E-state index in [1.165, 1.54) is 0 Å². The Balaban J connectivity index is 0.00000210. The van der Waals surface area contributed by atoms with Gasteiger partial charge in [0, 0.05) is 32.2 Å². The molecule has 0 aromatic heterocycles. The van der Waals surface area contributed by atoms with Crippen LogP contribution in [0.3, 0.4) is 0 Å². The van der Waals surface area contributed by atoms with Gasteiger partial charge in [-0.3, -0.25) is 4.79 Å². The lowest BCUT2D eigenvalue weighted by atomic mass is 10.1. The normalized spacial score (nSPS) is 23.9. The molecule has 0 bridgehead atoms. The van der Waals surface area contributed by atoms with Crippen molar-refractivity contribution in [2.24, 2.45) is 0 Å². The van der Waals surface area contributed by atoms with E-state index in [4.69, 9.17) is 4.74 Å². The number of piperazine rings is 1. The second kappa shape index (κ2) is 8.34. The molecule has 1 aromatic carbocycles. The number of piperidine rings is 1. The van der Waals surface area contributed by atoms with Gasteiger partial charge in [-0.25, -0.2) is 8.42 Å². The molecule has 4 rings (SSSR count). The fraction of sp³-hybridized carbons (Fsp3) is 0.611. The molecular weight excluding hydrogens is 390 g/mol. The Bertz CT molecular complexity index is 802. The standard InChI is InChI=1S/C18H25N3O4S.ClH/c22-18-12-19-7-9-21(18)15-4-1-8-20(13-15)26(23,24)16-5-6-17-14(11-16)3-2-10-25-17;/h5-6,11,15,19H,1-4,7-10,12-13H2;1H. The number of halogens is 1. The fourth-order valence-electron chi connectivity index (χ4n) is 4.05. The predicted molar refractivity (Wildman–Crippen MR) is 104 cm³/mol. The molecule has 9 heteroatoms. The van der Waals surface area contributed by atoms with E-state index in [9.17, 15) is 13.2 Å². The van der Waals surface area contributed by atoms with E-state index in [-0.39, 0.29) is 24.4 Å². The molecule has 2 saturated heterocycles. The number of carbonyl (C=O) groups is 1. The highest BCUT2D eigenvalue weighted by Crippen LogP contribution is 2.30. The van der Waals surface area contributed by atoms with Crippen LogP contribution in [0.25, 0.3) is 0 Å². The zero-order chi connectivity index (χ0) is 18.1. The first-order valence-corrected chi connectivity index (χ1v) is 10.8. The summed E-state index contributed by atoms with van der Waals surface area (Å²) in [7, 11) is -3.56. The highest BCUT2D eigenvalue weighted by Gasteiger charge is 2.35. The van der Waals surface area contributed by atoms with Crippen LogP contribution < -0.4 is 10.1 Å². The van der Waals surface area contributed by atoms with Crippen LogP contribution in [0.4, 0.5) is 0 Å². The molecular formula is C18H26ClN3O4S. The van der Waals surface area contributed by atoms with Crippen LogP contribution in [-0.2, 0) is 21.2 Å². The number of nitrogens with one attached hydrogen (secondary N) is 1. The van der Waals surface area contributed by atoms with Crippen molar-refractivity contribution in [3.63, 3.8) is 0 Å². The molecule has 0 spiro atoms. The molecule has 1 N–H and O–H groups in total. The van der Waals surface area contributed by atoms with Gasteiger partial charge in [-0.05, 0) is 49.4 Å². The van der Waals surface area contributed by atoms with Crippen molar-refractivity contribution in [2.45, 2.75) is 36.6 Å². The second-order valence-electron chi connectivity index (χ2n) is 7.14. The van der Waals surface area contributed by atoms with Crippen molar-refractivity contribution in [1.29, 1.82) is 0 Å². The summed E-state index contributed by atoms with van der Waals surface area (Å²) >= 11 is 0. The molecule has 1 unspecified atom stereocenters. The van der Waals surface area contributed by atoms with E-state index in [0.29, 0.717) is 37.7 Å². The van der Waals surface area contributed by atoms with Crippen LogP contribution in [-0.4, -0.2) is 68.9 Å². The molecule has 3 aliphatic heterocycles. The number of benzene rings is 1. The highest BCUT2D eigenvalue weighted by atomic mass is 35.5. The van der Waals surface area contributed by atoms with Gasteiger partial charge in [-0.1, -0.05) is 0 Å². The Morgan fingerprint density at radius 1 is 1.19 bits per heavy atom. The summed E-state index contributed by atoms with van der Waals surface area (Å²) in [5, 5.41) is 3.06. The number of ether oxygens (including phenoxy) is 1. The zero-order valence-electron chi connectivity index (χ0n) is 15.2. The van der Waals surface area contributed by atoms with E-state index >= 15 is 0 Å². The molecule has 3 aliphatic rings. The summed E-state index contributed by atoms with van der Waals surface area (Å²) in [4.78, 5) is 14.3. The Morgan fingerprint density at radius 2 is 2.04 bits per heavy atom. The van der Waals surface area contributed by atoms with Gasteiger partial charge >= 0.3 is 0 Å². The Morgan fingerprint density at radius 3 is 2.85 bits per heavy atom. The van der Waals surface area contributed by atoms with Crippen LogP contribution in [0.1, 0.15) is 24.8 Å². The van der Waals surface area contributed by atoms with E-state index in [2.05, 4.69) is 5.32 Å². The topological polar surface area (TPSA) is 79.0 Å². The van der Waals surface area contributed by atoms with Crippen molar-refractivity contribution >= 4 is 28.3 Å². The molecule has 1 atom stereocenters. The Hall–Kier alpha value is -1.35. The molecule has 0 radical (unpaired) electrons. The van der Waals surface area contributed by atoms with Crippen molar-refractivity contribution in [3.8, 4) is 5.75 Å². The summed E-state index contributed by atoms with van der Waals surface area (Å²) < 4.78 is 33.4. The van der Waals surface area contributed by atoms with E-state index in [1.807, 2.05) is 4.90 Å². The maximum absolute atomic E-state index is 13.2. The lowest BCUT2D eigenvalue weighted by molar-refractivity contribution is -0.135. The maximum Gasteiger partial charge on any atom is 0.243 e. The average Bonchev–Trinajstić information content (AvgIpc) is 2.68. The van der Waals surface area contributed by atoms with Gasteiger partial charge in [-0.2, -0.15) is 4.31 Å². The number of sulfonamides is 1. The lowest BCUT2D eigenvalue weighted by Crippen LogP contribution is -2.57. The summed E-state index contributed by atoms with van der Waals surface area (Å²) in [6.07, 6.45) is 3.38. The third kappa shape index (κ3) is 4.08. The smallest absolute Gasteiger partial charge is 0.243 e. The fourth-order valence-corrected chi connectivity index (χ4v) is 5.61. The summed E-state index contributed by atoms with van der Waals surface area (Å²) in [6.45, 7) is 3.32. The molecule has 3 heterocycles. The lowest BCUT2D eigenvalue weighted by Gasteiger charge is -2.40. The minimum absolute atomic E-state index is 0. The number of carbonyl (C=O) groups excluding carboxylic acids is 1. The first-order valence-electron chi connectivity index (χ1n) is 9.32. The molecule has 0 saturated carbocycles. The number of hydrogen-bond donors (Lipinski definition) is 1. The van der Waals surface area contributed by atoms with Gasteiger partial charge in [0.15, 0.2) is 0 Å². The van der Waals surface area contributed by atoms with Gasteiger partial charge in [0.25, 0.3) is 0 Å². The molecule has 27 heavy (non-hydrogen) atoms. The highest BCUT2D eigenvalue weighted by molar-refractivity contribution is 7.89. The van der Waals surface area contributed by atoms with Crippen LogP contribution >= 0.6 is 12.4 Å². The van der Waals surface area contributed by atoms with Gasteiger partial charge < -0.3 is 15.0 Å². The molecule has 1 aromatic rings.